The van der Waals surface area contributed by atoms with E-state index in [-0.39, 0.29) is 19.1 Å². The highest BCUT2D eigenvalue weighted by Gasteiger charge is 2.24. The van der Waals surface area contributed by atoms with Crippen LogP contribution in [0.15, 0.2) is 36.5 Å². The molecule has 0 aliphatic carbocycles. The summed E-state index contributed by atoms with van der Waals surface area (Å²) in [5, 5.41) is 13.5. The number of unbranched alkanes of at least 4 members (excludes halogenated alkanes) is 13. The molecule has 9 heteroatoms. The lowest BCUT2D eigenvalue weighted by Crippen LogP contribution is -2.46. The van der Waals surface area contributed by atoms with Crippen molar-refractivity contribution in [2.24, 2.45) is 0 Å². The fourth-order valence-corrected chi connectivity index (χ4v) is 5.59. The molecule has 0 bridgehead atoms. The van der Waals surface area contributed by atoms with Gasteiger partial charge in [0.1, 0.15) is 13.2 Å². The van der Waals surface area contributed by atoms with Gasteiger partial charge in [0.05, 0.1) is 39.9 Å². The molecule has 8 nitrogen and oxygen atoms in total. The third kappa shape index (κ3) is 31.3. The minimum atomic E-state index is -4.54. The number of quaternary nitrogens is 1. The van der Waals surface area contributed by atoms with Crippen LogP contribution >= 0.6 is 7.82 Å². The van der Waals surface area contributed by atoms with Crippen LogP contribution in [0, 0.1) is 0 Å². The van der Waals surface area contributed by atoms with Crippen molar-refractivity contribution in [1.29, 1.82) is 0 Å². The number of hydrogen-bond donors (Lipinski definition) is 2. The molecule has 0 saturated heterocycles. The van der Waals surface area contributed by atoms with E-state index in [4.69, 9.17) is 9.05 Å². The Balaban J connectivity index is 4.11. The van der Waals surface area contributed by atoms with E-state index in [9.17, 15) is 19.4 Å². The molecular formula is C37H71N2O6P. The number of allylic oxidation sites excluding steroid dienone is 6. The fraction of sp³-hybridized carbons (Fsp3) is 0.811. The van der Waals surface area contributed by atoms with Crippen LogP contribution in [0.25, 0.3) is 0 Å². The first-order chi connectivity index (χ1) is 22.0. The molecule has 0 aromatic carbocycles. The maximum Gasteiger partial charge on any atom is 0.268 e. The quantitative estimate of drug-likeness (QED) is 0.0321. The van der Waals surface area contributed by atoms with Crippen molar-refractivity contribution in [2.45, 2.75) is 154 Å². The van der Waals surface area contributed by atoms with Gasteiger partial charge in [-0.1, -0.05) is 121 Å². The molecule has 0 aliphatic rings. The third-order valence-corrected chi connectivity index (χ3v) is 8.85. The molecule has 0 rings (SSSR count). The van der Waals surface area contributed by atoms with Gasteiger partial charge in [-0.05, 0) is 51.4 Å². The molecule has 0 fully saturated rings. The topological polar surface area (TPSA) is 108 Å². The molecule has 0 spiro atoms. The van der Waals surface area contributed by atoms with Crippen molar-refractivity contribution in [2.75, 3.05) is 40.9 Å². The highest BCUT2D eigenvalue weighted by molar-refractivity contribution is 7.45. The van der Waals surface area contributed by atoms with Crippen LogP contribution in [0.2, 0.25) is 0 Å². The zero-order chi connectivity index (χ0) is 34.4. The lowest BCUT2D eigenvalue weighted by atomic mass is 10.0. The van der Waals surface area contributed by atoms with Crippen LogP contribution in [0.5, 0.6) is 0 Å². The number of carbonyl (C=O) groups is 1. The molecule has 0 heterocycles. The number of nitrogens with zero attached hydrogens (tertiary/aromatic N) is 1. The van der Waals surface area contributed by atoms with Gasteiger partial charge in [-0.2, -0.15) is 0 Å². The summed E-state index contributed by atoms with van der Waals surface area (Å²) in [6, 6.07) is -0.802. The van der Waals surface area contributed by atoms with Crippen molar-refractivity contribution in [3.8, 4) is 0 Å². The normalized spacial score (nSPS) is 15.2. The smallest absolute Gasteiger partial charge is 0.268 e. The highest BCUT2D eigenvalue weighted by atomic mass is 31.2. The number of hydrogen-bond acceptors (Lipinski definition) is 6. The zero-order valence-corrected chi connectivity index (χ0v) is 31.2. The average molecular weight is 671 g/mol. The van der Waals surface area contributed by atoms with Gasteiger partial charge in [-0.25, -0.2) is 0 Å². The van der Waals surface area contributed by atoms with Crippen molar-refractivity contribution in [3.05, 3.63) is 36.5 Å². The predicted octanol–water partition coefficient (Wildman–Crippen LogP) is 8.55. The first-order valence-electron chi connectivity index (χ1n) is 18.3. The minimum Gasteiger partial charge on any atom is -0.756 e. The van der Waals surface area contributed by atoms with Crippen LogP contribution in [-0.2, 0) is 18.4 Å². The molecule has 270 valence electrons. The van der Waals surface area contributed by atoms with Gasteiger partial charge in [0, 0.05) is 6.42 Å². The fourth-order valence-electron chi connectivity index (χ4n) is 4.87. The van der Waals surface area contributed by atoms with Crippen LogP contribution in [0.3, 0.4) is 0 Å². The molecule has 1 amide bonds. The molecule has 0 aromatic rings. The average Bonchev–Trinajstić information content (AvgIpc) is 2.99. The number of aliphatic hydroxyl groups is 1. The lowest BCUT2D eigenvalue weighted by molar-refractivity contribution is -0.870. The number of nitrogens with one attached hydrogen (secondary N) is 1. The number of phosphoric acid groups is 1. The van der Waals surface area contributed by atoms with E-state index < -0.39 is 20.0 Å². The van der Waals surface area contributed by atoms with Gasteiger partial charge in [-0.3, -0.25) is 9.36 Å². The Morgan fingerprint density at radius 3 is 1.83 bits per heavy atom. The Labute approximate surface area is 283 Å². The first kappa shape index (κ1) is 44.7. The third-order valence-electron chi connectivity index (χ3n) is 7.88. The summed E-state index contributed by atoms with van der Waals surface area (Å²) in [4.78, 5) is 24.9. The van der Waals surface area contributed by atoms with Crippen LogP contribution in [-0.4, -0.2) is 68.5 Å². The summed E-state index contributed by atoms with van der Waals surface area (Å²) in [5.74, 6) is -0.192. The SMILES string of the molecule is CCCCCCC/C=C\C/C=C\C/C=C\CCCCCCCCC(=O)NC(COP(=O)([O-])OCC[N+](C)(C)C)C(O)CCCCC. The molecule has 0 aliphatic heterocycles. The number of carbonyl (C=O) groups excluding carboxylic acids is 1. The molecule has 0 saturated carbocycles. The minimum absolute atomic E-state index is 0.00625. The number of phosphoric ester groups is 1. The summed E-state index contributed by atoms with van der Waals surface area (Å²) < 4.78 is 22.8. The second-order valence-corrected chi connectivity index (χ2v) is 15.0. The maximum atomic E-state index is 12.6. The molecule has 3 unspecified atom stereocenters. The van der Waals surface area contributed by atoms with Crippen molar-refractivity contribution in [1.82, 2.24) is 5.32 Å². The van der Waals surface area contributed by atoms with Crippen molar-refractivity contribution < 1.29 is 32.9 Å². The Morgan fingerprint density at radius 1 is 0.761 bits per heavy atom. The van der Waals surface area contributed by atoms with E-state index in [1.165, 1.54) is 51.4 Å². The number of likely N-dealkylation sites (N-methyl/N-ethyl adjacent to an activating group) is 1. The van der Waals surface area contributed by atoms with Gasteiger partial charge >= 0.3 is 0 Å². The lowest BCUT2D eigenvalue weighted by Gasteiger charge is -2.30. The van der Waals surface area contributed by atoms with E-state index in [1.807, 2.05) is 21.1 Å². The summed E-state index contributed by atoms with van der Waals surface area (Å²) >= 11 is 0. The summed E-state index contributed by atoms with van der Waals surface area (Å²) in [7, 11) is 1.28. The number of rotatable bonds is 32. The Bertz CT molecular complexity index is 855. The van der Waals surface area contributed by atoms with Crippen molar-refractivity contribution >= 4 is 13.7 Å². The maximum absolute atomic E-state index is 12.6. The molecule has 46 heavy (non-hydrogen) atoms. The van der Waals surface area contributed by atoms with Gasteiger partial charge in [0.2, 0.25) is 5.91 Å². The van der Waals surface area contributed by atoms with E-state index in [0.717, 1.165) is 64.2 Å². The second kappa shape index (κ2) is 29.8. The van der Waals surface area contributed by atoms with E-state index in [2.05, 4.69) is 55.6 Å². The Morgan fingerprint density at radius 2 is 1.26 bits per heavy atom. The monoisotopic (exact) mass is 671 g/mol. The van der Waals surface area contributed by atoms with Gasteiger partial charge < -0.3 is 28.8 Å². The van der Waals surface area contributed by atoms with E-state index in [1.54, 1.807) is 0 Å². The van der Waals surface area contributed by atoms with Gasteiger partial charge in [0.25, 0.3) is 7.82 Å². The Hall–Kier alpha value is -1.28. The van der Waals surface area contributed by atoms with E-state index in [0.29, 0.717) is 23.9 Å². The molecular weight excluding hydrogens is 599 g/mol. The van der Waals surface area contributed by atoms with Crippen LogP contribution in [0.4, 0.5) is 0 Å². The summed E-state index contributed by atoms with van der Waals surface area (Å²) in [6.07, 6.45) is 33.7. The van der Waals surface area contributed by atoms with Crippen LogP contribution < -0.4 is 10.2 Å². The van der Waals surface area contributed by atoms with E-state index >= 15 is 0 Å². The number of aliphatic hydroxyl groups excluding tert-OH is 1. The molecule has 0 aromatic heterocycles. The van der Waals surface area contributed by atoms with Crippen LogP contribution in [0.1, 0.15) is 142 Å². The first-order valence-corrected chi connectivity index (χ1v) is 19.8. The van der Waals surface area contributed by atoms with Crippen molar-refractivity contribution in [3.63, 3.8) is 0 Å². The molecule has 2 N–H and O–H groups in total. The highest BCUT2D eigenvalue weighted by Crippen LogP contribution is 2.38. The predicted molar refractivity (Wildman–Crippen MR) is 191 cm³/mol. The number of amides is 1. The Kier molecular flexibility index (Phi) is 29.0. The summed E-state index contributed by atoms with van der Waals surface area (Å²) in [6.45, 7) is 4.49. The molecule has 0 radical (unpaired) electrons. The standard InChI is InChI=1S/C37H71N2O6P/c1-6-8-10-11-12-13-14-15-16-17-18-19-20-21-22-23-24-25-26-27-29-31-37(41)38-35(36(40)30-28-9-7-2)34-45-46(42,43)44-33-32-39(3,4)5/h14-15,17-18,20-21,35-36,40H,6-13,16,19,22-34H2,1-5H3,(H-,38,41,42,43)/b15-14-,18-17-,21-20-. The van der Waals surface area contributed by atoms with Gasteiger partial charge in [-0.15, -0.1) is 0 Å². The largest absolute Gasteiger partial charge is 0.756 e. The second-order valence-electron chi connectivity index (χ2n) is 13.6. The molecule has 3 atom stereocenters. The van der Waals surface area contributed by atoms with Gasteiger partial charge in [0.15, 0.2) is 0 Å². The summed E-state index contributed by atoms with van der Waals surface area (Å²) in [5.41, 5.74) is 0. The zero-order valence-electron chi connectivity index (χ0n) is 30.3.